The van der Waals surface area contributed by atoms with Crippen LogP contribution in [0.5, 0.6) is 5.75 Å². The fraction of sp³-hybridized carbons (Fsp3) is 0.500. The summed E-state index contributed by atoms with van der Waals surface area (Å²) in [6.45, 7) is 7.76. The van der Waals surface area contributed by atoms with Gasteiger partial charge in [0.05, 0.1) is 29.5 Å². The van der Waals surface area contributed by atoms with E-state index in [1.54, 1.807) is 6.07 Å². The highest BCUT2D eigenvalue weighted by atomic mass is 35.5. The maximum atomic E-state index is 12.3. The number of nitrogens with one attached hydrogen (secondary N) is 1. The van der Waals surface area contributed by atoms with E-state index in [1.807, 2.05) is 20.8 Å². The monoisotopic (exact) mass is 299 g/mol. The molecule has 0 aliphatic heterocycles. The van der Waals surface area contributed by atoms with Crippen molar-refractivity contribution in [2.75, 3.05) is 25.9 Å². The minimum Gasteiger partial charge on any atom is -0.496 e. The lowest BCUT2D eigenvalue weighted by molar-refractivity contribution is 0.0872. The number of carbonyl (C=O) groups is 1. The van der Waals surface area contributed by atoms with Gasteiger partial charge in [0.15, 0.2) is 0 Å². The summed E-state index contributed by atoms with van der Waals surface area (Å²) in [5.74, 6) is 0.179. The molecular formula is C14H22ClN3O2. The molecule has 112 valence electrons. The van der Waals surface area contributed by atoms with Gasteiger partial charge in [-0.1, -0.05) is 25.4 Å². The molecule has 0 spiro atoms. The number of nitrogen functional groups attached to an aromatic ring is 1. The second-order valence-electron chi connectivity index (χ2n) is 4.44. The first kappa shape index (κ1) is 16.6. The molecule has 0 saturated carbocycles. The Kier molecular flexibility index (Phi) is 6.10. The quantitative estimate of drug-likeness (QED) is 0.625. The van der Waals surface area contributed by atoms with Crippen LogP contribution in [-0.2, 0) is 0 Å². The number of hydrogen-bond acceptors (Lipinski definition) is 4. The highest BCUT2D eigenvalue weighted by molar-refractivity contribution is 6.33. The van der Waals surface area contributed by atoms with Crippen molar-refractivity contribution in [1.29, 1.82) is 0 Å². The Bertz CT molecular complexity index is 476. The summed E-state index contributed by atoms with van der Waals surface area (Å²) in [5, 5.41) is 3.30. The number of nitrogens with two attached hydrogens (primary N) is 1. The van der Waals surface area contributed by atoms with Crippen LogP contribution in [0.3, 0.4) is 0 Å². The van der Waals surface area contributed by atoms with Gasteiger partial charge in [-0.3, -0.25) is 9.69 Å². The van der Waals surface area contributed by atoms with E-state index in [9.17, 15) is 4.79 Å². The van der Waals surface area contributed by atoms with Gasteiger partial charge in [0.1, 0.15) is 5.75 Å². The largest absolute Gasteiger partial charge is 0.496 e. The molecule has 0 saturated heterocycles. The van der Waals surface area contributed by atoms with Gasteiger partial charge in [0.2, 0.25) is 0 Å². The minimum atomic E-state index is -0.232. The number of carbonyl (C=O) groups excluding carboxylic acids is 1. The van der Waals surface area contributed by atoms with Crippen LogP contribution in [0.4, 0.5) is 5.69 Å². The number of halogens is 1. The number of anilines is 1. The number of rotatable bonds is 6. The van der Waals surface area contributed by atoms with Crippen molar-refractivity contribution in [2.45, 2.75) is 26.9 Å². The summed E-state index contributed by atoms with van der Waals surface area (Å²) in [5.41, 5.74) is 6.48. The minimum absolute atomic E-state index is 0.0703. The maximum Gasteiger partial charge on any atom is 0.256 e. The van der Waals surface area contributed by atoms with E-state index in [1.165, 1.54) is 13.2 Å². The Morgan fingerprint density at radius 3 is 2.55 bits per heavy atom. The third-order valence-corrected chi connectivity index (χ3v) is 3.59. The molecule has 0 heterocycles. The van der Waals surface area contributed by atoms with Gasteiger partial charge in [-0.05, 0) is 26.1 Å². The Morgan fingerprint density at radius 2 is 2.05 bits per heavy atom. The Hall–Kier alpha value is -1.46. The van der Waals surface area contributed by atoms with Crippen LogP contribution in [0.15, 0.2) is 12.1 Å². The third-order valence-electron chi connectivity index (χ3n) is 3.26. The fourth-order valence-electron chi connectivity index (χ4n) is 2.05. The molecule has 0 fully saturated rings. The first-order valence-corrected chi connectivity index (χ1v) is 7.00. The van der Waals surface area contributed by atoms with Crippen LogP contribution >= 0.6 is 11.6 Å². The average molecular weight is 300 g/mol. The number of benzene rings is 1. The van der Waals surface area contributed by atoms with Crippen molar-refractivity contribution in [3.8, 4) is 5.75 Å². The second-order valence-corrected chi connectivity index (χ2v) is 4.85. The van der Waals surface area contributed by atoms with Crippen molar-refractivity contribution < 1.29 is 9.53 Å². The molecule has 1 aromatic rings. The summed E-state index contributed by atoms with van der Waals surface area (Å²) in [6.07, 6.45) is -0.0703. The first-order chi connectivity index (χ1) is 9.44. The van der Waals surface area contributed by atoms with E-state index >= 15 is 0 Å². The zero-order valence-corrected chi connectivity index (χ0v) is 13.1. The molecule has 3 N–H and O–H groups in total. The molecule has 1 unspecified atom stereocenters. The van der Waals surface area contributed by atoms with Gasteiger partial charge in [-0.2, -0.15) is 0 Å². The predicted molar refractivity (Wildman–Crippen MR) is 82.3 cm³/mol. The standard InChI is InChI=1S/C14H22ClN3O2/c1-5-18(6-2)9(3)17-14(19)10-7-12(16)11(15)8-13(10)20-4/h7-9H,5-6,16H2,1-4H3,(H,17,19). The number of amides is 1. The van der Waals surface area contributed by atoms with Crippen LogP contribution in [0.2, 0.25) is 5.02 Å². The van der Waals surface area contributed by atoms with Crippen molar-refractivity contribution in [1.82, 2.24) is 10.2 Å². The van der Waals surface area contributed by atoms with Gasteiger partial charge < -0.3 is 15.8 Å². The lowest BCUT2D eigenvalue weighted by Crippen LogP contribution is -2.46. The van der Waals surface area contributed by atoms with E-state index in [4.69, 9.17) is 22.1 Å². The van der Waals surface area contributed by atoms with Gasteiger partial charge in [0, 0.05) is 6.07 Å². The zero-order valence-electron chi connectivity index (χ0n) is 12.4. The second kappa shape index (κ2) is 7.36. The molecule has 1 rings (SSSR count). The van der Waals surface area contributed by atoms with E-state index in [0.29, 0.717) is 22.0 Å². The third kappa shape index (κ3) is 3.77. The van der Waals surface area contributed by atoms with E-state index < -0.39 is 0 Å². The molecule has 5 nitrogen and oxygen atoms in total. The van der Waals surface area contributed by atoms with Crippen molar-refractivity contribution in [3.63, 3.8) is 0 Å². The lowest BCUT2D eigenvalue weighted by Gasteiger charge is -2.27. The highest BCUT2D eigenvalue weighted by Crippen LogP contribution is 2.28. The number of ether oxygens (including phenoxy) is 1. The molecule has 0 aromatic heterocycles. The van der Waals surface area contributed by atoms with Crippen LogP contribution in [0.1, 0.15) is 31.1 Å². The molecule has 0 aliphatic carbocycles. The van der Waals surface area contributed by atoms with Crippen LogP contribution in [-0.4, -0.2) is 37.2 Å². The molecule has 1 amide bonds. The molecule has 20 heavy (non-hydrogen) atoms. The molecule has 0 aliphatic rings. The summed E-state index contributed by atoms with van der Waals surface area (Å²) in [4.78, 5) is 14.4. The Balaban J connectivity index is 2.95. The number of hydrogen-bond donors (Lipinski definition) is 2. The number of methoxy groups -OCH3 is 1. The highest BCUT2D eigenvalue weighted by Gasteiger charge is 2.18. The van der Waals surface area contributed by atoms with Gasteiger partial charge >= 0.3 is 0 Å². The summed E-state index contributed by atoms with van der Waals surface area (Å²) < 4.78 is 5.18. The predicted octanol–water partition coefficient (Wildman–Crippen LogP) is 2.35. The average Bonchev–Trinajstić information content (AvgIpc) is 2.42. The van der Waals surface area contributed by atoms with Crippen LogP contribution < -0.4 is 15.8 Å². The van der Waals surface area contributed by atoms with Crippen LogP contribution in [0.25, 0.3) is 0 Å². The molecular weight excluding hydrogens is 278 g/mol. The molecule has 1 atom stereocenters. The zero-order chi connectivity index (χ0) is 15.3. The van der Waals surface area contributed by atoms with Crippen molar-refractivity contribution in [3.05, 3.63) is 22.7 Å². The Morgan fingerprint density at radius 1 is 1.45 bits per heavy atom. The summed E-state index contributed by atoms with van der Waals surface area (Å²) in [7, 11) is 1.49. The van der Waals surface area contributed by atoms with Gasteiger partial charge in [-0.25, -0.2) is 0 Å². The topological polar surface area (TPSA) is 67.6 Å². The molecule has 0 bridgehead atoms. The maximum absolute atomic E-state index is 12.3. The summed E-state index contributed by atoms with van der Waals surface area (Å²) in [6, 6.07) is 3.08. The molecule has 1 aromatic carbocycles. The molecule has 0 radical (unpaired) electrons. The van der Waals surface area contributed by atoms with Crippen LogP contribution in [0, 0.1) is 0 Å². The fourth-order valence-corrected chi connectivity index (χ4v) is 2.20. The van der Waals surface area contributed by atoms with Gasteiger partial charge in [-0.15, -0.1) is 0 Å². The van der Waals surface area contributed by atoms with E-state index in [0.717, 1.165) is 13.1 Å². The van der Waals surface area contributed by atoms with E-state index in [2.05, 4.69) is 10.2 Å². The molecule has 6 heteroatoms. The van der Waals surface area contributed by atoms with Crippen molar-refractivity contribution in [2.24, 2.45) is 0 Å². The lowest BCUT2D eigenvalue weighted by atomic mass is 10.1. The first-order valence-electron chi connectivity index (χ1n) is 6.62. The summed E-state index contributed by atoms with van der Waals surface area (Å²) >= 11 is 5.93. The van der Waals surface area contributed by atoms with Crippen molar-refractivity contribution >= 4 is 23.2 Å². The number of nitrogens with zero attached hydrogens (tertiary/aromatic N) is 1. The SMILES string of the molecule is CCN(CC)C(C)NC(=O)c1cc(N)c(Cl)cc1OC. The smallest absolute Gasteiger partial charge is 0.256 e. The van der Waals surface area contributed by atoms with Gasteiger partial charge in [0.25, 0.3) is 5.91 Å². The Labute approximate surface area is 125 Å². The normalized spacial score (nSPS) is 12.3. The van der Waals surface area contributed by atoms with E-state index in [-0.39, 0.29) is 12.1 Å².